The van der Waals surface area contributed by atoms with E-state index < -0.39 is 35.8 Å². The maximum Gasteiger partial charge on any atom is 0.328 e. The summed E-state index contributed by atoms with van der Waals surface area (Å²) < 4.78 is 0. The normalized spacial score (nSPS) is 8.48. The Hall–Kier alpha value is -3.10. The summed E-state index contributed by atoms with van der Waals surface area (Å²) in [6.45, 7) is 4.25. The highest BCUT2D eigenvalue weighted by atomic mass is 31.0. The van der Waals surface area contributed by atoms with Crippen LogP contribution in [0.1, 0.15) is 20.3 Å². The van der Waals surface area contributed by atoms with E-state index in [9.17, 15) is 28.8 Å². The molecule has 0 aromatic carbocycles. The minimum absolute atomic E-state index is 0. The van der Waals surface area contributed by atoms with E-state index in [2.05, 4.69) is 13.8 Å². The van der Waals surface area contributed by atoms with Gasteiger partial charge >= 0.3 is 35.8 Å². The third kappa shape index (κ3) is 92.2. The molecule has 0 radical (unpaired) electrons. The summed E-state index contributed by atoms with van der Waals surface area (Å²) in [5.41, 5.74) is 0. The van der Waals surface area contributed by atoms with Crippen LogP contribution in [0.5, 0.6) is 0 Å². The average molecular weight is 460 g/mol. The van der Waals surface area contributed by atoms with Gasteiger partial charge in [0.15, 0.2) is 0 Å². The maximum atomic E-state index is 9.55. The first-order valence-corrected chi connectivity index (χ1v) is 6.71. The summed E-state index contributed by atoms with van der Waals surface area (Å²) in [7, 11) is 0. The number of carbonyl (C=O) groups is 6. The number of hydrogen-bond donors (Lipinski definition) is 6. The molecule has 2 atom stereocenters. The second-order valence-corrected chi connectivity index (χ2v) is 3.74. The Labute approximate surface area is 172 Å². The Morgan fingerprint density at radius 1 is 0.448 bits per heavy atom. The second kappa shape index (κ2) is 29.7. The van der Waals surface area contributed by atoms with Crippen LogP contribution in [-0.4, -0.2) is 66.5 Å². The van der Waals surface area contributed by atoms with Crippen molar-refractivity contribution in [1.82, 2.24) is 0 Å². The monoisotopic (exact) mass is 460 g/mol. The summed E-state index contributed by atoms with van der Waals surface area (Å²) in [5.74, 6) is -7.54. The molecule has 0 heterocycles. The van der Waals surface area contributed by atoms with Gasteiger partial charge in [-0.05, 0) is 0 Å². The maximum absolute atomic E-state index is 9.55. The van der Waals surface area contributed by atoms with Gasteiger partial charge in [0.25, 0.3) is 0 Å². The lowest BCUT2D eigenvalue weighted by Gasteiger charge is -1.74. The predicted molar refractivity (Wildman–Crippen MR) is 111 cm³/mol. The molecule has 0 spiro atoms. The van der Waals surface area contributed by atoms with Crippen molar-refractivity contribution >= 4 is 55.6 Å². The number of aliphatic carboxylic acids is 6. The standard InChI is InChI=1S/3C4H4O4.C3H8.2H3P/c3*5-3(6)1-2-4(7)8;1-3-2;;/h3*1-2H,(H,5,6)(H,7,8);3H2,1-2H3;2*1H3/b3*2-1+;;;. The van der Waals surface area contributed by atoms with Crippen molar-refractivity contribution < 1.29 is 59.4 Å². The van der Waals surface area contributed by atoms with Gasteiger partial charge in [-0.1, -0.05) is 20.3 Å². The quantitative estimate of drug-likeness (QED) is 0.238. The molecule has 14 heteroatoms. The van der Waals surface area contributed by atoms with E-state index in [1.807, 2.05) is 0 Å². The smallest absolute Gasteiger partial charge is 0.328 e. The molecule has 0 aliphatic rings. The first kappa shape index (κ1) is 40.6. The minimum atomic E-state index is -1.26. The molecule has 0 aliphatic carbocycles. The van der Waals surface area contributed by atoms with Gasteiger partial charge in [-0.15, -0.1) is 0 Å². The average Bonchev–Trinajstić information content (AvgIpc) is 2.51. The highest BCUT2D eigenvalue weighted by Crippen LogP contribution is 1.71. The Morgan fingerprint density at radius 3 is 0.552 bits per heavy atom. The molecular formula is C15H26O12P2. The van der Waals surface area contributed by atoms with Crippen LogP contribution < -0.4 is 0 Å². The molecule has 12 nitrogen and oxygen atoms in total. The Kier molecular flexibility index (Phi) is 41.5. The highest BCUT2D eigenvalue weighted by molar-refractivity contribution is 6.92. The van der Waals surface area contributed by atoms with E-state index >= 15 is 0 Å². The lowest BCUT2D eigenvalue weighted by molar-refractivity contribution is -0.134. The number of carboxylic acids is 6. The van der Waals surface area contributed by atoms with Crippen molar-refractivity contribution in [3.8, 4) is 0 Å². The molecular weight excluding hydrogens is 434 g/mol. The van der Waals surface area contributed by atoms with Crippen molar-refractivity contribution in [3.63, 3.8) is 0 Å². The van der Waals surface area contributed by atoms with E-state index in [0.717, 1.165) is 0 Å². The van der Waals surface area contributed by atoms with Crippen LogP contribution in [0.3, 0.4) is 0 Å². The Balaban J connectivity index is -0.0000000619. The molecule has 0 saturated carbocycles. The van der Waals surface area contributed by atoms with Crippen molar-refractivity contribution in [2.45, 2.75) is 20.3 Å². The third-order valence-corrected chi connectivity index (χ3v) is 1.11. The summed E-state index contributed by atoms with van der Waals surface area (Å²) in [4.78, 5) is 57.3. The fraction of sp³-hybridized carbons (Fsp3) is 0.200. The largest absolute Gasteiger partial charge is 0.478 e. The first-order chi connectivity index (χ1) is 12.3. The summed E-state index contributed by atoms with van der Waals surface area (Å²) in [6.07, 6.45) is 4.60. The van der Waals surface area contributed by atoms with Crippen LogP contribution in [0.2, 0.25) is 0 Å². The summed E-state index contributed by atoms with van der Waals surface area (Å²) in [5, 5.41) is 46.9. The zero-order valence-electron chi connectivity index (χ0n) is 15.7. The molecule has 0 rings (SSSR count). The van der Waals surface area contributed by atoms with Crippen LogP contribution in [0.4, 0.5) is 0 Å². The fourth-order valence-electron chi connectivity index (χ4n) is 0.428. The topological polar surface area (TPSA) is 224 Å². The van der Waals surface area contributed by atoms with E-state index in [1.54, 1.807) is 0 Å². The predicted octanol–water partition coefficient (Wildman–Crippen LogP) is 0.668. The van der Waals surface area contributed by atoms with Crippen molar-refractivity contribution in [3.05, 3.63) is 36.5 Å². The molecule has 0 amide bonds. The SMILES string of the molecule is CCC.O=C(O)/C=C/C(=O)O.O=C(O)/C=C/C(=O)O.O=C(O)/C=C/C(=O)O.P.P. The Morgan fingerprint density at radius 2 is 0.517 bits per heavy atom. The molecule has 0 aromatic rings. The van der Waals surface area contributed by atoms with Crippen LogP contribution in [0.15, 0.2) is 36.5 Å². The molecule has 0 saturated heterocycles. The lowest BCUT2D eigenvalue weighted by atomic mass is 10.5. The number of rotatable bonds is 6. The zero-order valence-corrected chi connectivity index (χ0v) is 18.5. The van der Waals surface area contributed by atoms with Crippen LogP contribution >= 0.6 is 19.8 Å². The van der Waals surface area contributed by atoms with Gasteiger partial charge in [0.05, 0.1) is 0 Å². The van der Waals surface area contributed by atoms with Gasteiger partial charge < -0.3 is 30.6 Å². The first-order valence-electron chi connectivity index (χ1n) is 6.71. The molecule has 0 fully saturated rings. The van der Waals surface area contributed by atoms with E-state index in [4.69, 9.17) is 30.6 Å². The van der Waals surface area contributed by atoms with Crippen molar-refractivity contribution in [2.24, 2.45) is 0 Å². The van der Waals surface area contributed by atoms with E-state index in [0.29, 0.717) is 36.5 Å². The minimum Gasteiger partial charge on any atom is -0.478 e. The second-order valence-electron chi connectivity index (χ2n) is 3.74. The van der Waals surface area contributed by atoms with E-state index in [1.165, 1.54) is 6.42 Å². The van der Waals surface area contributed by atoms with Crippen LogP contribution in [0, 0.1) is 0 Å². The molecule has 29 heavy (non-hydrogen) atoms. The highest BCUT2D eigenvalue weighted by Gasteiger charge is 1.89. The molecule has 168 valence electrons. The fourth-order valence-corrected chi connectivity index (χ4v) is 0.428. The van der Waals surface area contributed by atoms with Gasteiger partial charge in [-0.25, -0.2) is 28.8 Å². The summed E-state index contributed by atoms with van der Waals surface area (Å²) >= 11 is 0. The summed E-state index contributed by atoms with van der Waals surface area (Å²) in [6, 6.07) is 0. The van der Waals surface area contributed by atoms with E-state index in [-0.39, 0.29) is 19.8 Å². The number of hydrogen-bond acceptors (Lipinski definition) is 6. The van der Waals surface area contributed by atoms with Gasteiger partial charge in [0.2, 0.25) is 0 Å². The molecule has 0 bridgehead atoms. The van der Waals surface area contributed by atoms with Crippen molar-refractivity contribution in [2.75, 3.05) is 0 Å². The lowest BCUT2D eigenvalue weighted by Crippen LogP contribution is -1.91. The van der Waals surface area contributed by atoms with Gasteiger partial charge in [-0.2, -0.15) is 19.8 Å². The van der Waals surface area contributed by atoms with Gasteiger partial charge in [0, 0.05) is 36.5 Å². The molecule has 6 N–H and O–H groups in total. The van der Waals surface area contributed by atoms with Crippen LogP contribution in [0.25, 0.3) is 0 Å². The number of carboxylic acid groups (broad SMARTS) is 6. The molecule has 0 aliphatic heterocycles. The Bertz CT molecular complexity index is 465. The van der Waals surface area contributed by atoms with Crippen molar-refractivity contribution in [1.29, 1.82) is 0 Å². The van der Waals surface area contributed by atoms with Gasteiger partial charge in [0.1, 0.15) is 0 Å². The molecule has 2 unspecified atom stereocenters. The molecule has 0 aromatic heterocycles. The third-order valence-electron chi connectivity index (χ3n) is 1.11. The van der Waals surface area contributed by atoms with Crippen LogP contribution in [-0.2, 0) is 28.8 Å². The van der Waals surface area contributed by atoms with Gasteiger partial charge in [-0.3, -0.25) is 0 Å². The zero-order chi connectivity index (χ0) is 22.4.